The van der Waals surface area contributed by atoms with Crippen LogP contribution in [0.5, 0.6) is 0 Å². The number of guanidine groups is 1. The maximum Gasteiger partial charge on any atom is 0.240 e. The molecular formula is C20H33N5O2S. The van der Waals surface area contributed by atoms with Gasteiger partial charge in [0.1, 0.15) is 0 Å². The Bertz CT molecular complexity index is 732. The van der Waals surface area contributed by atoms with Gasteiger partial charge in [-0.05, 0) is 38.3 Å². The normalized spacial score (nSPS) is 21.9. The molecule has 1 aromatic rings. The average Bonchev–Trinajstić information content (AvgIpc) is 3.38. The van der Waals surface area contributed by atoms with Gasteiger partial charge in [-0.2, -0.15) is 0 Å². The summed E-state index contributed by atoms with van der Waals surface area (Å²) in [6, 6.07) is 9.58. The monoisotopic (exact) mass is 407 g/mol. The van der Waals surface area contributed by atoms with E-state index in [1.165, 1.54) is 25.7 Å². The van der Waals surface area contributed by atoms with Crippen molar-refractivity contribution in [3.05, 3.63) is 30.3 Å². The van der Waals surface area contributed by atoms with E-state index in [0.29, 0.717) is 12.6 Å². The van der Waals surface area contributed by atoms with Gasteiger partial charge >= 0.3 is 0 Å². The Morgan fingerprint density at radius 3 is 2.64 bits per heavy atom. The summed E-state index contributed by atoms with van der Waals surface area (Å²) in [6.07, 6.45) is 6.52. The van der Waals surface area contributed by atoms with E-state index in [2.05, 4.69) is 25.2 Å². The molecule has 1 aromatic carbocycles. The molecule has 1 aliphatic heterocycles. The Morgan fingerprint density at radius 1 is 1.18 bits per heavy atom. The molecule has 156 valence electrons. The Kier molecular flexibility index (Phi) is 7.70. The second-order valence-electron chi connectivity index (χ2n) is 7.53. The Hall–Kier alpha value is -1.64. The lowest BCUT2D eigenvalue weighted by Crippen LogP contribution is -2.45. The fourth-order valence-electron chi connectivity index (χ4n) is 4.05. The first-order valence-electron chi connectivity index (χ1n) is 10.4. The maximum absolute atomic E-state index is 12.2. The van der Waals surface area contributed by atoms with Crippen LogP contribution < -0.4 is 15.4 Å². The third-order valence-electron chi connectivity index (χ3n) is 5.47. The summed E-state index contributed by atoms with van der Waals surface area (Å²) in [5.74, 6) is 0.764. The lowest BCUT2D eigenvalue weighted by molar-refractivity contribution is 0.242. The average molecular weight is 408 g/mol. The number of hydrogen-bond donors (Lipinski definition) is 3. The number of sulfonamides is 1. The lowest BCUT2D eigenvalue weighted by Gasteiger charge is -2.24. The zero-order valence-electron chi connectivity index (χ0n) is 16.7. The molecule has 1 unspecified atom stereocenters. The zero-order valence-corrected chi connectivity index (χ0v) is 17.5. The van der Waals surface area contributed by atoms with E-state index < -0.39 is 10.0 Å². The van der Waals surface area contributed by atoms with E-state index >= 15 is 0 Å². The molecule has 1 saturated heterocycles. The zero-order chi connectivity index (χ0) is 19.8. The highest BCUT2D eigenvalue weighted by Gasteiger charge is 2.30. The van der Waals surface area contributed by atoms with E-state index in [1.54, 1.807) is 30.3 Å². The van der Waals surface area contributed by atoms with Crippen molar-refractivity contribution in [1.82, 2.24) is 20.3 Å². The smallest absolute Gasteiger partial charge is 0.240 e. The Balaban J connectivity index is 1.46. The van der Waals surface area contributed by atoms with E-state index in [0.717, 1.165) is 38.1 Å². The lowest BCUT2D eigenvalue weighted by atomic mass is 10.2. The van der Waals surface area contributed by atoms with Crippen LogP contribution in [0.1, 0.15) is 39.0 Å². The summed E-state index contributed by atoms with van der Waals surface area (Å²) in [6.45, 7) is 5.69. The quantitative estimate of drug-likeness (QED) is 0.346. The van der Waals surface area contributed by atoms with Crippen LogP contribution >= 0.6 is 0 Å². The maximum atomic E-state index is 12.2. The molecule has 2 fully saturated rings. The molecule has 1 aliphatic carbocycles. The SMILES string of the molecule is CCNC(=NCCNS(=O)(=O)c1ccccc1)NC1CCN(C2CCCC2)C1. The van der Waals surface area contributed by atoms with Crippen molar-refractivity contribution in [2.45, 2.75) is 56.0 Å². The van der Waals surface area contributed by atoms with Gasteiger partial charge in [0.25, 0.3) is 0 Å². The number of hydrogen-bond acceptors (Lipinski definition) is 4. The van der Waals surface area contributed by atoms with Crippen molar-refractivity contribution in [2.75, 3.05) is 32.7 Å². The molecule has 3 N–H and O–H groups in total. The van der Waals surface area contributed by atoms with Crippen molar-refractivity contribution in [3.63, 3.8) is 0 Å². The molecule has 1 saturated carbocycles. The summed E-state index contributed by atoms with van der Waals surface area (Å²) >= 11 is 0. The molecular weight excluding hydrogens is 374 g/mol. The molecule has 1 heterocycles. The molecule has 1 atom stereocenters. The van der Waals surface area contributed by atoms with Crippen molar-refractivity contribution < 1.29 is 8.42 Å². The van der Waals surface area contributed by atoms with Crippen LogP contribution in [-0.4, -0.2) is 64.1 Å². The van der Waals surface area contributed by atoms with Crippen LogP contribution in [0.4, 0.5) is 0 Å². The van der Waals surface area contributed by atoms with Crippen molar-refractivity contribution >= 4 is 16.0 Å². The number of nitrogens with one attached hydrogen (secondary N) is 3. The third kappa shape index (κ3) is 5.93. The largest absolute Gasteiger partial charge is 0.357 e. The van der Waals surface area contributed by atoms with Crippen LogP contribution in [0.2, 0.25) is 0 Å². The van der Waals surface area contributed by atoms with Gasteiger partial charge in [-0.1, -0.05) is 31.0 Å². The summed E-state index contributed by atoms with van der Waals surface area (Å²) in [5, 5.41) is 6.79. The third-order valence-corrected chi connectivity index (χ3v) is 6.95. The molecule has 0 aromatic heterocycles. The number of rotatable bonds is 8. The molecule has 8 heteroatoms. The summed E-state index contributed by atoms with van der Waals surface area (Å²) in [5.41, 5.74) is 0. The van der Waals surface area contributed by atoms with Gasteiger partial charge in [-0.3, -0.25) is 9.89 Å². The molecule has 0 amide bonds. The van der Waals surface area contributed by atoms with Gasteiger partial charge in [0.15, 0.2) is 5.96 Å². The molecule has 7 nitrogen and oxygen atoms in total. The predicted octanol–water partition coefficient (Wildman–Crippen LogP) is 1.54. The number of likely N-dealkylation sites (tertiary alicyclic amines) is 1. The van der Waals surface area contributed by atoms with Crippen molar-refractivity contribution in [1.29, 1.82) is 0 Å². The molecule has 0 spiro atoms. The van der Waals surface area contributed by atoms with Crippen molar-refractivity contribution in [2.24, 2.45) is 4.99 Å². The van der Waals surface area contributed by atoms with Crippen LogP contribution in [0.25, 0.3) is 0 Å². The highest BCUT2D eigenvalue weighted by atomic mass is 32.2. The van der Waals surface area contributed by atoms with Crippen LogP contribution in [0.15, 0.2) is 40.2 Å². The molecule has 3 rings (SSSR count). The minimum Gasteiger partial charge on any atom is -0.357 e. The van der Waals surface area contributed by atoms with Crippen molar-refractivity contribution in [3.8, 4) is 0 Å². The first-order valence-corrected chi connectivity index (χ1v) is 11.9. The number of benzene rings is 1. The van der Waals surface area contributed by atoms with Crippen LogP contribution in [-0.2, 0) is 10.0 Å². The second kappa shape index (κ2) is 10.2. The standard InChI is InChI=1S/C20H33N5O2S/c1-2-21-20(24-17-12-15-25(16-17)18-8-6-7-9-18)22-13-14-23-28(26,27)19-10-4-3-5-11-19/h3-5,10-11,17-18,23H,2,6-9,12-16H2,1H3,(H2,21,22,24). The first kappa shape index (κ1) is 21.1. The van der Waals surface area contributed by atoms with Crippen LogP contribution in [0.3, 0.4) is 0 Å². The van der Waals surface area contributed by atoms with Gasteiger partial charge < -0.3 is 10.6 Å². The van der Waals surface area contributed by atoms with Gasteiger partial charge in [0.05, 0.1) is 11.4 Å². The van der Waals surface area contributed by atoms with Crippen LogP contribution in [0, 0.1) is 0 Å². The van der Waals surface area contributed by atoms with E-state index in [1.807, 2.05) is 6.92 Å². The Morgan fingerprint density at radius 2 is 1.93 bits per heavy atom. The Labute approximate surface area is 169 Å². The molecule has 28 heavy (non-hydrogen) atoms. The summed E-state index contributed by atoms with van der Waals surface area (Å²) < 4.78 is 27.1. The fraction of sp³-hybridized carbons (Fsp3) is 0.650. The fourth-order valence-corrected chi connectivity index (χ4v) is 5.09. The minimum absolute atomic E-state index is 0.271. The predicted molar refractivity (Wildman–Crippen MR) is 113 cm³/mol. The van der Waals surface area contributed by atoms with Gasteiger partial charge in [-0.25, -0.2) is 13.1 Å². The van der Waals surface area contributed by atoms with E-state index in [9.17, 15) is 8.42 Å². The van der Waals surface area contributed by atoms with E-state index in [4.69, 9.17) is 0 Å². The summed E-state index contributed by atoms with van der Waals surface area (Å²) in [7, 11) is -3.48. The first-order chi connectivity index (χ1) is 13.6. The van der Waals surface area contributed by atoms with E-state index in [-0.39, 0.29) is 11.4 Å². The van der Waals surface area contributed by atoms with Gasteiger partial charge in [0, 0.05) is 38.3 Å². The topological polar surface area (TPSA) is 85.8 Å². The minimum atomic E-state index is -3.48. The second-order valence-corrected chi connectivity index (χ2v) is 9.30. The number of aliphatic imine (C=N–C) groups is 1. The molecule has 0 bridgehead atoms. The van der Waals surface area contributed by atoms with Gasteiger partial charge in [-0.15, -0.1) is 0 Å². The molecule has 2 aliphatic rings. The highest BCUT2D eigenvalue weighted by Crippen LogP contribution is 2.26. The molecule has 0 radical (unpaired) electrons. The number of nitrogens with zero attached hydrogens (tertiary/aromatic N) is 2. The van der Waals surface area contributed by atoms with Gasteiger partial charge in [0.2, 0.25) is 10.0 Å². The summed E-state index contributed by atoms with van der Waals surface area (Å²) in [4.78, 5) is 7.44. The highest BCUT2D eigenvalue weighted by molar-refractivity contribution is 7.89.